The minimum Gasteiger partial charge on any atom is -0.497 e. The number of fused-ring (bicyclic) bond motifs is 1. The number of pyridine rings is 1. The quantitative estimate of drug-likeness (QED) is 0.147. The predicted molar refractivity (Wildman–Crippen MR) is 154 cm³/mol. The molecule has 3 rings (SSSR count). The molecular weight excluding hydrogens is 478 g/mol. The maximum absolute atomic E-state index is 12.6. The molecule has 0 saturated carbocycles. The fraction of sp³-hybridized carbons (Fsp3) is 0.562. The molecule has 3 aromatic rings. The van der Waals surface area contributed by atoms with E-state index in [0.717, 1.165) is 36.8 Å². The Balaban J connectivity index is 1.32. The zero-order valence-corrected chi connectivity index (χ0v) is 23.5. The van der Waals surface area contributed by atoms with Crippen molar-refractivity contribution in [3.8, 4) is 22.6 Å². The van der Waals surface area contributed by atoms with Gasteiger partial charge in [0.1, 0.15) is 11.5 Å². The summed E-state index contributed by atoms with van der Waals surface area (Å²) < 4.78 is 22.6. The summed E-state index contributed by atoms with van der Waals surface area (Å²) in [5.74, 6) is 1.33. The average Bonchev–Trinajstić information content (AvgIpc) is 2.94. The highest BCUT2D eigenvalue weighted by atomic mass is 16.5. The van der Waals surface area contributed by atoms with Gasteiger partial charge in [-0.2, -0.15) is 0 Å². The van der Waals surface area contributed by atoms with E-state index >= 15 is 0 Å². The van der Waals surface area contributed by atoms with Crippen LogP contribution in [0.1, 0.15) is 90.9 Å². The molecule has 1 unspecified atom stereocenters. The van der Waals surface area contributed by atoms with Crippen LogP contribution in [0, 0.1) is 0 Å². The molecule has 208 valence electrons. The van der Waals surface area contributed by atoms with Gasteiger partial charge >= 0.3 is 5.63 Å². The number of benzene rings is 1. The molecule has 0 fully saturated rings. The SMILES string of the molecule is CCC(C)OCCCCCCCCCCCCCOc1cncc2oc(=O)c(-c3cccc(OC)c3)cc12. The summed E-state index contributed by atoms with van der Waals surface area (Å²) in [6, 6.07) is 9.22. The maximum atomic E-state index is 12.6. The van der Waals surface area contributed by atoms with Gasteiger partial charge in [0.25, 0.3) is 0 Å². The van der Waals surface area contributed by atoms with E-state index in [2.05, 4.69) is 18.8 Å². The van der Waals surface area contributed by atoms with Crippen molar-refractivity contribution >= 4 is 11.0 Å². The molecule has 6 nitrogen and oxygen atoms in total. The lowest BCUT2D eigenvalue weighted by atomic mass is 10.1. The number of hydrogen-bond acceptors (Lipinski definition) is 6. The van der Waals surface area contributed by atoms with Crippen LogP contribution < -0.4 is 15.1 Å². The highest BCUT2D eigenvalue weighted by Gasteiger charge is 2.12. The third-order valence-corrected chi connectivity index (χ3v) is 7.03. The van der Waals surface area contributed by atoms with Crippen LogP contribution in [0.5, 0.6) is 11.5 Å². The van der Waals surface area contributed by atoms with Crippen LogP contribution in [0.4, 0.5) is 0 Å². The van der Waals surface area contributed by atoms with Crippen molar-refractivity contribution in [1.82, 2.24) is 4.98 Å². The minimum absolute atomic E-state index is 0.402. The first-order chi connectivity index (χ1) is 18.6. The van der Waals surface area contributed by atoms with Crippen LogP contribution in [-0.4, -0.2) is 31.4 Å². The van der Waals surface area contributed by atoms with E-state index in [0.29, 0.717) is 35.4 Å². The summed E-state index contributed by atoms with van der Waals surface area (Å²) in [7, 11) is 1.61. The Kier molecular flexibility index (Phi) is 13.2. The molecular formula is C32H45NO5. The lowest BCUT2D eigenvalue weighted by Crippen LogP contribution is -2.07. The van der Waals surface area contributed by atoms with E-state index in [9.17, 15) is 4.79 Å². The van der Waals surface area contributed by atoms with Gasteiger partial charge in [0, 0.05) is 6.61 Å². The summed E-state index contributed by atoms with van der Waals surface area (Å²) >= 11 is 0. The lowest BCUT2D eigenvalue weighted by Gasteiger charge is -2.10. The summed E-state index contributed by atoms with van der Waals surface area (Å²) in [6.45, 7) is 5.85. The zero-order chi connectivity index (χ0) is 27.0. The normalized spacial score (nSPS) is 12.1. The van der Waals surface area contributed by atoms with Gasteiger partial charge < -0.3 is 18.6 Å². The van der Waals surface area contributed by atoms with Gasteiger partial charge in [-0.1, -0.05) is 76.8 Å². The highest BCUT2D eigenvalue weighted by Crippen LogP contribution is 2.29. The number of hydrogen-bond donors (Lipinski definition) is 0. The fourth-order valence-corrected chi connectivity index (χ4v) is 4.50. The molecule has 2 aromatic heterocycles. The number of rotatable bonds is 19. The Bertz CT molecular complexity index is 1140. The van der Waals surface area contributed by atoms with E-state index in [1.807, 2.05) is 30.3 Å². The second kappa shape index (κ2) is 16.9. The van der Waals surface area contributed by atoms with Gasteiger partial charge in [0.05, 0.1) is 43.2 Å². The van der Waals surface area contributed by atoms with Gasteiger partial charge in [-0.3, -0.25) is 4.98 Å². The molecule has 1 atom stereocenters. The number of unbranched alkanes of at least 4 members (excludes halogenated alkanes) is 10. The molecule has 2 heterocycles. The first-order valence-electron chi connectivity index (χ1n) is 14.4. The van der Waals surface area contributed by atoms with E-state index in [4.69, 9.17) is 18.6 Å². The maximum Gasteiger partial charge on any atom is 0.344 e. The van der Waals surface area contributed by atoms with Gasteiger partial charge in [-0.15, -0.1) is 0 Å². The molecule has 0 aliphatic rings. The van der Waals surface area contributed by atoms with Crippen molar-refractivity contribution in [1.29, 1.82) is 0 Å². The van der Waals surface area contributed by atoms with Crippen LogP contribution in [0.2, 0.25) is 0 Å². The van der Waals surface area contributed by atoms with Crippen molar-refractivity contribution in [3.05, 3.63) is 53.1 Å². The topological polar surface area (TPSA) is 70.8 Å². The van der Waals surface area contributed by atoms with Gasteiger partial charge in [0.15, 0.2) is 5.58 Å². The Labute approximate surface area is 227 Å². The summed E-state index contributed by atoms with van der Waals surface area (Å²) in [5, 5.41) is 0.750. The standard InChI is InChI=1S/C32H45NO5/c1-4-25(2)36-19-14-12-10-8-6-5-7-9-11-13-15-20-37-30-23-33-24-31-29(30)22-28(32(34)38-31)26-17-16-18-27(21-26)35-3/h16-18,21-25H,4-15,19-20H2,1-3H3. The van der Waals surface area contributed by atoms with Gasteiger partial charge in [0.2, 0.25) is 0 Å². The third-order valence-electron chi connectivity index (χ3n) is 7.03. The van der Waals surface area contributed by atoms with Gasteiger partial charge in [-0.05, 0) is 49.9 Å². The van der Waals surface area contributed by atoms with Crippen LogP contribution in [0.3, 0.4) is 0 Å². The molecule has 0 radical (unpaired) electrons. The van der Waals surface area contributed by atoms with E-state index in [-0.39, 0.29) is 0 Å². The highest BCUT2D eigenvalue weighted by molar-refractivity contribution is 5.86. The van der Waals surface area contributed by atoms with Crippen molar-refractivity contribution in [2.75, 3.05) is 20.3 Å². The van der Waals surface area contributed by atoms with E-state index in [1.54, 1.807) is 19.5 Å². The number of methoxy groups -OCH3 is 1. The number of aromatic nitrogens is 1. The molecule has 38 heavy (non-hydrogen) atoms. The Morgan fingerprint density at radius 1 is 0.868 bits per heavy atom. The van der Waals surface area contributed by atoms with Crippen LogP contribution in [0.15, 0.2) is 51.9 Å². The zero-order valence-electron chi connectivity index (χ0n) is 23.5. The van der Waals surface area contributed by atoms with Crippen molar-refractivity contribution in [2.45, 2.75) is 97.0 Å². The predicted octanol–water partition coefficient (Wildman–Crippen LogP) is 8.35. The van der Waals surface area contributed by atoms with Crippen LogP contribution >= 0.6 is 0 Å². The van der Waals surface area contributed by atoms with Gasteiger partial charge in [-0.25, -0.2) is 4.79 Å². The fourth-order valence-electron chi connectivity index (χ4n) is 4.50. The summed E-state index contributed by atoms with van der Waals surface area (Å²) in [4.78, 5) is 16.8. The smallest absolute Gasteiger partial charge is 0.344 e. The summed E-state index contributed by atoms with van der Waals surface area (Å²) in [5.41, 5.74) is 1.24. The number of ether oxygens (including phenoxy) is 3. The molecule has 6 heteroatoms. The molecule has 0 saturated heterocycles. The Hall–Kier alpha value is -2.86. The molecule has 0 spiro atoms. The van der Waals surface area contributed by atoms with E-state index in [1.165, 1.54) is 57.8 Å². The van der Waals surface area contributed by atoms with Crippen molar-refractivity contribution in [3.63, 3.8) is 0 Å². The first-order valence-corrected chi connectivity index (χ1v) is 14.4. The molecule has 0 bridgehead atoms. The Morgan fingerprint density at radius 3 is 2.18 bits per heavy atom. The van der Waals surface area contributed by atoms with Crippen molar-refractivity contribution in [2.24, 2.45) is 0 Å². The monoisotopic (exact) mass is 523 g/mol. The second-order valence-electron chi connectivity index (χ2n) is 10.1. The molecule has 0 N–H and O–H groups in total. The van der Waals surface area contributed by atoms with Crippen LogP contribution in [-0.2, 0) is 4.74 Å². The molecule has 0 amide bonds. The largest absolute Gasteiger partial charge is 0.497 e. The van der Waals surface area contributed by atoms with Crippen molar-refractivity contribution < 1.29 is 18.6 Å². The second-order valence-corrected chi connectivity index (χ2v) is 10.1. The molecule has 0 aliphatic carbocycles. The summed E-state index contributed by atoms with van der Waals surface area (Å²) in [6.07, 6.45) is 18.6. The Morgan fingerprint density at radius 2 is 1.53 bits per heavy atom. The van der Waals surface area contributed by atoms with E-state index < -0.39 is 5.63 Å². The number of nitrogens with zero attached hydrogens (tertiary/aromatic N) is 1. The molecule has 1 aromatic carbocycles. The minimum atomic E-state index is -0.406. The molecule has 0 aliphatic heterocycles. The first kappa shape index (κ1) is 29.7. The lowest BCUT2D eigenvalue weighted by molar-refractivity contribution is 0.0608. The third kappa shape index (κ3) is 9.79. The average molecular weight is 524 g/mol. The van der Waals surface area contributed by atoms with Crippen LogP contribution in [0.25, 0.3) is 22.1 Å².